The number of methoxy groups -OCH3 is 1. The maximum atomic E-state index is 12.8. The van der Waals surface area contributed by atoms with Crippen LogP contribution in [-0.4, -0.2) is 69.9 Å². The van der Waals surface area contributed by atoms with Crippen LogP contribution in [0.4, 0.5) is 5.69 Å². The second-order valence-electron chi connectivity index (χ2n) is 9.76. The predicted octanol–water partition coefficient (Wildman–Crippen LogP) is 4.35. The third-order valence-corrected chi connectivity index (χ3v) is 7.03. The van der Waals surface area contributed by atoms with Crippen LogP contribution in [0, 0.1) is 11.3 Å². The van der Waals surface area contributed by atoms with Crippen molar-refractivity contribution in [3.8, 4) is 34.1 Å². The molecule has 0 fully saturated rings. The van der Waals surface area contributed by atoms with Crippen molar-refractivity contribution in [3.63, 3.8) is 0 Å². The number of hydrogen-bond acceptors (Lipinski definition) is 8. The van der Waals surface area contributed by atoms with Gasteiger partial charge in [-0.1, -0.05) is 6.08 Å². The Morgan fingerprint density at radius 2 is 1.90 bits per heavy atom. The Hall–Kier alpha value is -4.37. The van der Waals surface area contributed by atoms with E-state index in [0.29, 0.717) is 45.7 Å². The smallest absolute Gasteiger partial charge is 0.471 e. The highest BCUT2D eigenvalue weighted by atomic mass is 31.2. The number of pyridine rings is 2. The zero-order chi connectivity index (χ0) is 30.6. The maximum absolute atomic E-state index is 12.8. The number of rotatable bonds is 10. The van der Waals surface area contributed by atoms with Gasteiger partial charge in [0.25, 0.3) is 0 Å². The topological polar surface area (TPSA) is 154 Å². The van der Waals surface area contributed by atoms with Gasteiger partial charge in [0.05, 0.1) is 7.11 Å². The molecule has 1 amide bonds. The third-order valence-electron chi connectivity index (χ3n) is 6.45. The molecule has 0 radical (unpaired) electrons. The summed E-state index contributed by atoms with van der Waals surface area (Å²) in [5, 5.41) is 10.0. The first-order chi connectivity index (χ1) is 19.9. The number of likely N-dealkylation sites (N-methyl/N-ethyl adjacent to an activating group) is 2. The molecule has 4 aromatic rings. The average molecular weight is 591 g/mol. The van der Waals surface area contributed by atoms with Gasteiger partial charge in [0.15, 0.2) is 0 Å². The Morgan fingerprint density at radius 3 is 2.57 bits per heavy atom. The summed E-state index contributed by atoms with van der Waals surface area (Å²) in [6.45, 7) is 2.13. The molecule has 42 heavy (non-hydrogen) atoms. The molecule has 0 spiro atoms. The molecular weight excluding hydrogens is 559 g/mol. The zero-order valence-corrected chi connectivity index (χ0v) is 24.7. The van der Waals surface area contributed by atoms with Gasteiger partial charge in [-0.25, -0.2) is 14.5 Å². The highest BCUT2D eigenvalue weighted by Gasteiger charge is 2.24. The lowest BCUT2D eigenvalue weighted by Gasteiger charge is -2.18. The minimum absolute atomic E-state index is 0.200. The lowest BCUT2D eigenvalue weighted by atomic mass is 10.0. The fourth-order valence-electron chi connectivity index (χ4n) is 4.37. The second-order valence-corrected chi connectivity index (χ2v) is 11.0. The molecule has 4 rings (SSSR count). The SMILES string of the molecule is COc1cc(-c2cnc3c(c2)c(-c2ccnc(C#N)c2)cn3C(C)OP(=O)(O)O)cc(N(C)C(=O)C=CCN(C)C)c1. The standard InChI is InChI=1S/C29H31N6O6P/c1-19(41-42(37,38)39)35-18-27(20-8-9-31-23(11-20)16-30)26-14-22(17-32-29(26)35)21-12-24(15-25(13-21)40-5)34(4)28(36)7-6-10-33(2)3/h6-9,11-15,17-19H,10H2,1-5H3,(H2,37,38,39). The number of carbonyl (C=O) groups is 1. The molecule has 1 atom stereocenters. The van der Waals surface area contributed by atoms with E-state index in [-0.39, 0.29) is 11.6 Å². The Kier molecular flexibility index (Phi) is 9.21. The van der Waals surface area contributed by atoms with E-state index in [9.17, 15) is 24.4 Å². The summed E-state index contributed by atoms with van der Waals surface area (Å²) in [5.41, 5.74) is 3.96. The van der Waals surface area contributed by atoms with Crippen molar-refractivity contribution in [2.75, 3.05) is 39.7 Å². The largest absolute Gasteiger partial charge is 0.497 e. The summed E-state index contributed by atoms with van der Waals surface area (Å²) in [6.07, 6.45) is 7.06. The van der Waals surface area contributed by atoms with Crippen LogP contribution in [0.3, 0.4) is 0 Å². The number of fused-ring (bicyclic) bond motifs is 1. The van der Waals surface area contributed by atoms with E-state index in [1.165, 1.54) is 28.7 Å². The van der Waals surface area contributed by atoms with Gasteiger partial charge in [-0.2, -0.15) is 5.26 Å². The van der Waals surface area contributed by atoms with E-state index in [2.05, 4.69) is 9.97 Å². The molecule has 0 aliphatic rings. The molecule has 0 saturated heterocycles. The van der Waals surface area contributed by atoms with Gasteiger partial charge in [-0.05, 0) is 62.5 Å². The van der Waals surface area contributed by atoms with Crippen LogP contribution >= 0.6 is 7.82 Å². The number of nitriles is 1. The van der Waals surface area contributed by atoms with Crippen LogP contribution in [0.5, 0.6) is 5.75 Å². The first kappa shape index (κ1) is 30.6. The van der Waals surface area contributed by atoms with E-state index >= 15 is 0 Å². The van der Waals surface area contributed by atoms with Crippen molar-refractivity contribution in [2.24, 2.45) is 0 Å². The van der Waals surface area contributed by atoms with E-state index < -0.39 is 14.1 Å². The molecular formula is C29H31N6O6P. The fourth-order valence-corrected chi connectivity index (χ4v) is 4.87. The number of phosphoric acid groups is 1. The lowest BCUT2D eigenvalue weighted by Crippen LogP contribution is -2.24. The Morgan fingerprint density at radius 1 is 1.14 bits per heavy atom. The Labute approximate surface area is 243 Å². The summed E-state index contributed by atoms with van der Waals surface area (Å²) >= 11 is 0. The summed E-state index contributed by atoms with van der Waals surface area (Å²) < 4.78 is 23.6. The van der Waals surface area contributed by atoms with E-state index in [1.54, 1.807) is 50.8 Å². The zero-order valence-electron chi connectivity index (χ0n) is 23.8. The van der Waals surface area contributed by atoms with Crippen LogP contribution in [0.1, 0.15) is 18.8 Å². The van der Waals surface area contributed by atoms with E-state index in [0.717, 1.165) is 5.56 Å². The van der Waals surface area contributed by atoms with Gasteiger partial charge in [0, 0.05) is 66.5 Å². The molecule has 1 aromatic carbocycles. The quantitative estimate of drug-likeness (QED) is 0.201. The Balaban J connectivity index is 1.84. The maximum Gasteiger partial charge on any atom is 0.471 e. The lowest BCUT2D eigenvalue weighted by molar-refractivity contribution is -0.113. The van der Waals surface area contributed by atoms with Crippen molar-refractivity contribution in [3.05, 3.63) is 72.8 Å². The molecule has 0 aliphatic carbocycles. The molecule has 13 heteroatoms. The third kappa shape index (κ3) is 7.09. The minimum Gasteiger partial charge on any atom is -0.497 e. The van der Waals surface area contributed by atoms with Crippen LogP contribution in [0.15, 0.2) is 67.1 Å². The summed E-state index contributed by atoms with van der Waals surface area (Å²) in [7, 11) is 2.26. The molecule has 12 nitrogen and oxygen atoms in total. The van der Waals surface area contributed by atoms with Crippen LogP contribution in [0.25, 0.3) is 33.3 Å². The molecule has 0 bridgehead atoms. The number of phosphoric ester groups is 1. The summed E-state index contributed by atoms with van der Waals surface area (Å²) in [4.78, 5) is 43.8. The van der Waals surface area contributed by atoms with Gasteiger partial charge in [-0.15, -0.1) is 0 Å². The van der Waals surface area contributed by atoms with E-state index in [4.69, 9.17) is 9.26 Å². The minimum atomic E-state index is -4.80. The van der Waals surface area contributed by atoms with Gasteiger partial charge < -0.3 is 28.9 Å². The highest BCUT2D eigenvalue weighted by molar-refractivity contribution is 7.46. The first-order valence-electron chi connectivity index (χ1n) is 12.8. The fraction of sp³-hybridized carbons (Fsp3) is 0.241. The van der Waals surface area contributed by atoms with Gasteiger partial charge in [-0.3, -0.25) is 9.32 Å². The van der Waals surface area contributed by atoms with Crippen LogP contribution in [0.2, 0.25) is 0 Å². The summed E-state index contributed by atoms with van der Waals surface area (Å²) in [5.74, 6) is 0.336. The Bertz CT molecular complexity index is 1740. The van der Waals surface area contributed by atoms with Gasteiger partial charge >= 0.3 is 7.82 Å². The molecule has 218 valence electrons. The number of benzene rings is 1. The molecule has 3 aromatic heterocycles. The van der Waals surface area contributed by atoms with Gasteiger partial charge in [0.1, 0.15) is 29.4 Å². The first-order valence-corrected chi connectivity index (χ1v) is 14.3. The van der Waals surface area contributed by atoms with Gasteiger partial charge in [0.2, 0.25) is 5.91 Å². The molecule has 3 heterocycles. The van der Waals surface area contributed by atoms with Crippen molar-refractivity contribution < 1.29 is 28.4 Å². The van der Waals surface area contributed by atoms with Crippen LogP contribution in [-0.2, 0) is 13.9 Å². The molecule has 2 N–H and O–H groups in total. The van der Waals surface area contributed by atoms with Crippen molar-refractivity contribution in [1.29, 1.82) is 5.26 Å². The second kappa shape index (κ2) is 12.7. The predicted molar refractivity (Wildman–Crippen MR) is 159 cm³/mol. The number of anilines is 1. The average Bonchev–Trinajstić information content (AvgIpc) is 3.34. The number of ether oxygens (including phenoxy) is 1. The van der Waals surface area contributed by atoms with E-state index in [1.807, 2.05) is 43.3 Å². The number of carbonyl (C=O) groups excluding carboxylic acids is 1. The number of aromatic nitrogens is 3. The van der Waals surface area contributed by atoms with Crippen LogP contribution < -0.4 is 9.64 Å². The monoisotopic (exact) mass is 590 g/mol. The summed E-state index contributed by atoms with van der Waals surface area (Å²) in [6, 6.07) is 12.7. The highest BCUT2D eigenvalue weighted by Crippen LogP contribution is 2.43. The molecule has 0 saturated carbocycles. The number of hydrogen-bond donors (Lipinski definition) is 2. The van der Waals surface area contributed by atoms with Crippen molar-refractivity contribution in [1.82, 2.24) is 19.4 Å². The molecule has 1 unspecified atom stereocenters. The number of amides is 1. The normalized spacial score (nSPS) is 12.5. The molecule has 0 aliphatic heterocycles. The number of nitrogens with zero attached hydrogens (tertiary/aromatic N) is 6. The van der Waals surface area contributed by atoms with Crippen molar-refractivity contribution in [2.45, 2.75) is 13.2 Å². The van der Waals surface area contributed by atoms with Crippen molar-refractivity contribution >= 4 is 30.5 Å².